The molecule has 1 aromatic rings. The summed E-state index contributed by atoms with van der Waals surface area (Å²) in [6.45, 7) is 3.90. The summed E-state index contributed by atoms with van der Waals surface area (Å²) in [4.78, 5) is 14.4. The van der Waals surface area contributed by atoms with Crippen molar-refractivity contribution in [2.45, 2.75) is 51.6 Å². The number of nitrogens with one attached hydrogen (secondary N) is 1. The summed E-state index contributed by atoms with van der Waals surface area (Å²) in [5.74, 6) is -0.00642. The molecule has 1 atom stereocenters. The number of hydrogen-bond donors (Lipinski definition) is 1. The van der Waals surface area contributed by atoms with Gasteiger partial charge in [-0.05, 0) is 37.8 Å². The SMILES string of the molecule is CCCc1ccccc1NC(=O)N(C(C)CS(C)(=O)=O)C1CC1. The van der Waals surface area contributed by atoms with Crippen molar-refractivity contribution in [3.63, 3.8) is 0 Å². The highest BCUT2D eigenvalue weighted by atomic mass is 32.2. The first kappa shape index (κ1) is 17.8. The van der Waals surface area contributed by atoms with Gasteiger partial charge in [-0.1, -0.05) is 31.5 Å². The molecule has 0 spiro atoms. The number of urea groups is 1. The van der Waals surface area contributed by atoms with E-state index in [4.69, 9.17) is 0 Å². The van der Waals surface area contributed by atoms with Gasteiger partial charge in [0.15, 0.2) is 0 Å². The molecule has 1 saturated carbocycles. The van der Waals surface area contributed by atoms with Crippen LogP contribution in [0.4, 0.5) is 10.5 Å². The summed E-state index contributed by atoms with van der Waals surface area (Å²) in [6.07, 6.45) is 5.00. The molecule has 2 amide bonds. The van der Waals surface area contributed by atoms with E-state index in [9.17, 15) is 13.2 Å². The Morgan fingerprint density at radius 2 is 2.00 bits per heavy atom. The number of rotatable bonds is 7. The Kier molecular flexibility index (Phi) is 5.68. The summed E-state index contributed by atoms with van der Waals surface area (Å²) in [5.41, 5.74) is 1.92. The van der Waals surface area contributed by atoms with Gasteiger partial charge in [0.25, 0.3) is 0 Å². The van der Waals surface area contributed by atoms with E-state index in [1.807, 2.05) is 24.3 Å². The van der Waals surface area contributed by atoms with Crippen LogP contribution in [0.3, 0.4) is 0 Å². The van der Waals surface area contributed by atoms with E-state index >= 15 is 0 Å². The minimum Gasteiger partial charge on any atom is -0.318 e. The molecule has 23 heavy (non-hydrogen) atoms. The van der Waals surface area contributed by atoms with Crippen LogP contribution in [0.1, 0.15) is 38.7 Å². The van der Waals surface area contributed by atoms with Crippen LogP contribution in [-0.2, 0) is 16.3 Å². The number of sulfone groups is 1. The molecule has 2 rings (SSSR count). The maximum absolute atomic E-state index is 12.7. The zero-order chi connectivity index (χ0) is 17.0. The maximum atomic E-state index is 12.7. The van der Waals surface area contributed by atoms with E-state index in [2.05, 4.69) is 12.2 Å². The Hall–Kier alpha value is -1.56. The van der Waals surface area contributed by atoms with Gasteiger partial charge in [-0.2, -0.15) is 0 Å². The van der Waals surface area contributed by atoms with Crippen LogP contribution in [0, 0.1) is 0 Å². The first-order valence-electron chi connectivity index (χ1n) is 8.16. The lowest BCUT2D eigenvalue weighted by Crippen LogP contribution is -2.46. The van der Waals surface area contributed by atoms with Gasteiger partial charge in [0, 0.05) is 24.0 Å². The van der Waals surface area contributed by atoms with E-state index in [1.165, 1.54) is 6.26 Å². The zero-order valence-electron chi connectivity index (χ0n) is 14.1. The second-order valence-electron chi connectivity index (χ2n) is 6.42. The summed E-state index contributed by atoms with van der Waals surface area (Å²) in [6, 6.07) is 7.41. The number of nitrogens with zero attached hydrogens (tertiary/aromatic N) is 1. The van der Waals surface area contributed by atoms with Crippen molar-refractivity contribution in [3.8, 4) is 0 Å². The monoisotopic (exact) mass is 338 g/mol. The molecule has 0 saturated heterocycles. The van der Waals surface area contributed by atoms with E-state index in [0.29, 0.717) is 0 Å². The van der Waals surface area contributed by atoms with E-state index in [1.54, 1.807) is 11.8 Å². The summed E-state index contributed by atoms with van der Waals surface area (Å²) in [5, 5.41) is 2.98. The molecular weight excluding hydrogens is 312 g/mol. The summed E-state index contributed by atoms with van der Waals surface area (Å²) < 4.78 is 23.1. The Morgan fingerprint density at radius 1 is 1.35 bits per heavy atom. The molecule has 1 aliphatic carbocycles. The molecule has 1 fully saturated rings. The Bertz CT molecular complexity index is 654. The lowest BCUT2D eigenvalue weighted by atomic mass is 10.1. The average molecular weight is 338 g/mol. The minimum atomic E-state index is -3.12. The predicted molar refractivity (Wildman–Crippen MR) is 93.5 cm³/mol. The number of carbonyl (C=O) groups is 1. The van der Waals surface area contributed by atoms with Gasteiger partial charge in [0.2, 0.25) is 0 Å². The fourth-order valence-corrected chi connectivity index (χ4v) is 3.94. The van der Waals surface area contributed by atoms with E-state index < -0.39 is 9.84 Å². The second-order valence-corrected chi connectivity index (χ2v) is 8.60. The topological polar surface area (TPSA) is 66.5 Å². The van der Waals surface area contributed by atoms with Gasteiger partial charge in [0.05, 0.1) is 5.75 Å². The third-order valence-electron chi connectivity index (χ3n) is 3.97. The number of amides is 2. The van der Waals surface area contributed by atoms with Gasteiger partial charge in [-0.25, -0.2) is 13.2 Å². The van der Waals surface area contributed by atoms with Crippen LogP contribution in [0.25, 0.3) is 0 Å². The molecule has 6 heteroatoms. The number of para-hydroxylation sites is 1. The largest absolute Gasteiger partial charge is 0.322 e. The predicted octanol–water partition coefficient (Wildman–Crippen LogP) is 3.07. The van der Waals surface area contributed by atoms with Crippen molar-refractivity contribution in [1.82, 2.24) is 4.90 Å². The highest BCUT2D eigenvalue weighted by Crippen LogP contribution is 2.30. The molecule has 0 radical (unpaired) electrons. The lowest BCUT2D eigenvalue weighted by Gasteiger charge is -2.29. The Morgan fingerprint density at radius 3 is 2.57 bits per heavy atom. The van der Waals surface area contributed by atoms with Gasteiger partial charge < -0.3 is 10.2 Å². The van der Waals surface area contributed by atoms with Crippen molar-refractivity contribution < 1.29 is 13.2 Å². The van der Waals surface area contributed by atoms with Gasteiger partial charge >= 0.3 is 6.03 Å². The number of benzene rings is 1. The van der Waals surface area contributed by atoms with Crippen molar-refractivity contribution >= 4 is 21.6 Å². The molecule has 1 N–H and O–H groups in total. The standard InChI is InChI=1S/C17H26N2O3S/c1-4-7-14-8-5-6-9-16(14)18-17(20)19(15-10-11-15)13(2)12-23(3,21)22/h5-6,8-9,13,15H,4,7,10-12H2,1-3H3,(H,18,20). The van der Waals surface area contributed by atoms with Crippen LogP contribution in [0.15, 0.2) is 24.3 Å². The van der Waals surface area contributed by atoms with E-state index in [0.717, 1.165) is 36.9 Å². The van der Waals surface area contributed by atoms with Crippen LogP contribution >= 0.6 is 0 Å². The highest BCUT2D eigenvalue weighted by molar-refractivity contribution is 7.90. The van der Waals surface area contributed by atoms with Crippen LogP contribution < -0.4 is 5.32 Å². The fraction of sp³-hybridized carbons (Fsp3) is 0.588. The molecular formula is C17H26N2O3S. The number of anilines is 1. The number of hydrogen-bond acceptors (Lipinski definition) is 3. The Balaban J connectivity index is 2.13. The second kappa shape index (κ2) is 7.34. The van der Waals surface area contributed by atoms with Crippen LogP contribution in [-0.4, -0.2) is 43.4 Å². The third-order valence-corrected chi connectivity index (χ3v) is 5.06. The first-order valence-corrected chi connectivity index (χ1v) is 10.2. The molecule has 128 valence electrons. The van der Waals surface area contributed by atoms with Crippen molar-refractivity contribution in [2.75, 3.05) is 17.3 Å². The molecule has 1 aliphatic rings. The summed E-state index contributed by atoms with van der Waals surface area (Å²) in [7, 11) is -3.12. The van der Waals surface area contributed by atoms with Crippen molar-refractivity contribution in [2.24, 2.45) is 0 Å². The van der Waals surface area contributed by atoms with E-state index in [-0.39, 0.29) is 23.9 Å². The maximum Gasteiger partial charge on any atom is 0.322 e. The molecule has 5 nitrogen and oxygen atoms in total. The zero-order valence-corrected chi connectivity index (χ0v) is 14.9. The van der Waals surface area contributed by atoms with Crippen molar-refractivity contribution in [3.05, 3.63) is 29.8 Å². The van der Waals surface area contributed by atoms with Gasteiger partial charge in [0.1, 0.15) is 9.84 Å². The molecule has 0 aliphatic heterocycles. The minimum absolute atomic E-state index is 0.00642. The average Bonchev–Trinajstić information content (AvgIpc) is 3.24. The highest BCUT2D eigenvalue weighted by Gasteiger charge is 2.37. The third kappa shape index (κ3) is 5.23. The van der Waals surface area contributed by atoms with Crippen molar-refractivity contribution in [1.29, 1.82) is 0 Å². The smallest absolute Gasteiger partial charge is 0.318 e. The molecule has 1 unspecified atom stereocenters. The lowest BCUT2D eigenvalue weighted by molar-refractivity contribution is 0.194. The molecule has 0 heterocycles. The molecule has 1 aromatic carbocycles. The summed E-state index contributed by atoms with van der Waals surface area (Å²) >= 11 is 0. The Labute approximate surface area is 139 Å². The fourth-order valence-electron chi connectivity index (χ4n) is 2.91. The van der Waals surface area contributed by atoms with Gasteiger partial charge in [-0.3, -0.25) is 0 Å². The quantitative estimate of drug-likeness (QED) is 0.831. The van der Waals surface area contributed by atoms with Crippen LogP contribution in [0.5, 0.6) is 0 Å². The van der Waals surface area contributed by atoms with Crippen LogP contribution in [0.2, 0.25) is 0 Å². The molecule has 0 bridgehead atoms. The number of aryl methyl sites for hydroxylation is 1. The molecule has 0 aromatic heterocycles. The normalized spacial score (nSPS) is 16.0. The number of carbonyl (C=O) groups excluding carboxylic acids is 1. The van der Waals surface area contributed by atoms with Gasteiger partial charge in [-0.15, -0.1) is 0 Å². The first-order chi connectivity index (χ1) is 10.8.